The van der Waals surface area contributed by atoms with Crippen LogP contribution in [0.1, 0.15) is 43.7 Å². The molecular formula is C17H26N2. The minimum Gasteiger partial charge on any atom is -0.374 e. The van der Waals surface area contributed by atoms with Gasteiger partial charge in [0, 0.05) is 32.4 Å². The first kappa shape index (κ1) is 13.0. The minimum atomic E-state index is 0.578. The van der Waals surface area contributed by atoms with E-state index in [4.69, 9.17) is 0 Å². The Bertz CT molecular complexity index is 449. The van der Waals surface area contributed by atoms with Crippen LogP contribution in [0.15, 0.2) is 18.2 Å². The number of benzene rings is 1. The van der Waals surface area contributed by atoms with Crippen LogP contribution in [0, 0.1) is 5.41 Å². The molecule has 1 aromatic rings. The summed E-state index contributed by atoms with van der Waals surface area (Å²) < 4.78 is 0. The normalized spacial score (nSPS) is 20.8. The highest BCUT2D eigenvalue weighted by Gasteiger charge is 2.30. The summed E-state index contributed by atoms with van der Waals surface area (Å²) in [5, 5.41) is 3.65. The predicted octanol–water partition coefficient (Wildman–Crippen LogP) is 3.35. The average Bonchev–Trinajstić information content (AvgIpc) is 2.37. The van der Waals surface area contributed by atoms with Crippen LogP contribution >= 0.6 is 0 Å². The van der Waals surface area contributed by atoms with Crippen LogP contribution in [0.3, 0.4) is 0 Å². The van der Waals surface area contributed by atoms with Crippen LogP contribution in [0.2, 0.25) is 0 Å². The van der Waals surface area contributed by atoms with Crippen LogP contribution in [0.25, 0.3) is 0 Å². The van der Waals surface area contributed by atoms with Gasteiger partial charge in [0.05, 0.1) is 0 Å². The van der Waals surface area contributed by atoms with Gasteiger partial charge in [-0.25, -0.2) is 0 Å². The molecule has 1 saturated carbocycles. The molecule has 2 nitrogen and oxygen atoms in total. The van der Waals surface area contributed by atoms with Gasteiger partial charge in [-0.05, 0) is 48.3 Å². The van der Waals surface area contributed by atoms with Gasteiger partial charge in [-0.1, -0.05) is 25.5 Å². The third-order valence-corrected chi connectivity index (χ3v) is 4.94. The van der Waals surface area contributed by atoms with Crippen molar-refractivity contribution in [1.29, 1.82) is 0 Å². The van der Waals surface area contributed by atoms with Crippen LogP contribution in [0.5, 0.6) is 0 Å². The monoisotopic (exact) mass is 258 g/mol. The van der Waals surface area contributed by atoms with Crippen molar-refractivity contribution in [2.24, 2.45) is 5.41 Å². The largest absolute Gasteiger partial charge is 0.374 e. The third kappa shape index (κ3) is 2.79. The summed E-state index contributed by atoms with van der Waals surface area (Å²) in [6.07, 6.45) is 6.75. The molecule has 1 aliphatic heterocycles. The van der Waals surface area contributed by atoms with Crippen molar-refractivity contribution in [1.82, 2.24) is 5.32 Å². The second kappa shape index (κ2) is 5.16. The lowest BCUT2D eigenvalue weighted by Gasteiger charge is -2.38. The molecule has 0 bridgehead atoms. The summed E-state index contributed by atoms with van der Waals surface area (Å²) in [4.78, 5) is 2.38. The number of aryl methyl sites for hydroxylation is 1. The first-order valence-corrected chi connectivity index (χ1v) is 7.70. The molecular weight excluding hydrogens is 232 g/mol. The van der Waals surface area contributed by atoms with Crippen molar-refractivity contribution in [3.8, 4) is 0 Å². The van der Waals surface area contributed by atoms with E-state index in [1.165, 1.54) is 62.0 Å². The maximum Gasteiger partial charge on any atom is 0.0396 e. The number of nitrogens with one attached hydrogen (secondary N) is 1. The topological polar surface area (TPSA) is 15.3 Å². The van der Waals surface area contributed by atoms with Crippen LogP contribution in [-0.2, 0) is 13.0 Å². The standard InChI is InChI=1S/C17H26N2/c1-17(8-4-9-17)13-18-12-14-6-7-16-15(11-14)5-3-10-19(16)2/h6-7,11,18H,3-5,8-10,12-13H2,1-2H3. The maximum absolute atomic E-state index is 3.65. The lowest BCUT2D eigenvalue weighted by Crippen LogP contribution is -2.37. The van der Waals surface area contributed by atoms with E-state index < -0.39 is 0 Å². The average molecular weight is 258 g/mol. The van der Waals surface area contributed by atoms with Crippen molar-refractivity contribution in [3.05, 3.63) is 29.3 Å². The zero-order valence-electron chi connectivity index (χ0n) is 12.3. The molecule has 1 aliphatic carbocycles. The second-order valence-electron chi connectivity index (χ2n) is 6.76. The molecule has 0 unspecified atom stereocenters. The van der Waals surface area contributed by atoms with Gasteiger partial charge in [-0.2, -0.15) is 0 Å². The van der Waals surface area contributed by atoms with Gasteiger partial charge in [0.1, 0.15) is 0 Å². The predicted molar refractivity (Wildman–Crippen MR) is 81.7 cm³/mol. The number of anilines is 1. The number of nitrogens with zero attached hydrogens (tertiary/aromatic N) is 1. The van der Waals surface area contributed by atoms with Crippen molar-refractivity contribution < 1.29 is 0 Å². The summed E-state index contributed by atoms with van der Waals surface area (Å²) in [5.41, 5.74) is 4.98. The Kier molecular flexibility index (Phi) is 3.53. The summed E-state index contributed by atoms with van der Waals surface area (Å²) in [6, 6.07) is 6.99. The van der Waals surface area contributed by atoms with Gasteiger partial charge in [0.2, 0.25) is 0 Å². The first-order chi connectivity index (χ1) is 9.16. The van der Waals surface area contributed by atoms with Crippen molar-refractivity contribution >= 4 is 5.69 Å². The Morgan fingerprint density at radius 2 is 2.11 bits per heavy atom. The smallest absolute Gasteiger partial charge is 0.0396 e. The number of hydrogen-bond acceptors (Lipinski definition) is 2. The summed E-state index contributed by atoms with van der Waals surface area (Å²) in [6.45, 7) is 5.80. The molecule has 0 atom stereocenters. The molecule has 1 aromatic carbocycles. The molecule has 2 aliphatic rings. The van der Waals surface area contributed by atoms with E-state index in [1.54, 1.807) is 0 Å². The van der Waals surface area contributed by atoms with Gasteiger partial charge in [-0.15, -0.1) is 0 Å². The SMILES string of the molecule is CN1CCCc2cc(CNCC3(C)CCC3)ccc21. The quantitative estimate of drug-likeness (QED) is 0.891. The summed E-state index contributed by atoms with van der Waals surface area (Å²) >= 11 is 0. The lowest BCUT2D eigenvalue weighted by molar-refractivity contribution is 0.156. The van der Waals surface area contributed by atoms with E-state index >= 15 is 0 Å². The molecule has 1 heterocycles. The van der Waals surface area contributed by atoms with E-state index in [9.17, 15) is 0 Å². The molecule has 0 saturated heterocycles. The van der Waals surface area contributed by atoms with Crippen LogP contribution < -0.4 is 10.2 Å². The minimum absolute atomic E-state index is 0.578. The third-order valence-electron chi connectivity index (χ3n) is 4.94. The number of hydrogen-bond donors (Lipinski definition) is 1. The number of rotatable bonds is 4. The van der Waals surface area contributed by atoms with E-state index in [2.05, 4.69) is 42.4 Å². The Morgan fingerprint density at radius 3 is 2.84 bits per heavy atom. The van der Waals surface area contributed by atoms with Gasteiger partial charge in [0.25, 0.3) is 0 Å². The van der Waals surface area contributed by atoms with Gasteiger partial charge < -0.3 is 10.2 Å². The van der Waals surface area contributed by atoms with Crippen molar-refractivity contribution in [2.45, 2.75) is 45.6 Å². The van der Waals surface area contributed by atoms with Crippen LogP contribution in [-0.4, -0.2) is 20.1 Å². The molecule has 0 radical (unpaired) electrons. The van der Waals surface area contributed by atoms with Crippen molar-refractivity contribution in [2.75, 3.05) is 25.0 Å². The Labute approximate surface area is 117 Å². The summed E-state index contributed by atoms with van der Waals surface area (Å²) in [7, 11) is 2.20. The molecule has 3 rings (SSSR count). The lowest BCUT2D eigenvalue weighted by atomic mass is 9.70. The Balaban J connectivity index is 1.59. The fraction of sp³-hybridized carbons (Fsp3) is 0.647. The highest BCUT2D eigenvalue weighted by atomic mass is 15.1. The molecule has 2 heteroatoms. The Morgan fingerprint density at radius 1 is 1.26 bits per heavy atom. The molecule has 0 aromatic heterocycles. The van der Waals surface area contributed by atoms with E-state index in [1.807, 2.05) is 0 Å². The van der Waals surface area contributed by atoms with Crippen LogP contribution in [0.4, 0.5) is 5.69 Å². The second-order valence-corrected chi connectivity index (χ2v) is 6.76. The zero-order valence-corrected chi connectivity index (χ0v) is 12.3. The number of fused-ring (bicyclic) bond motifs is 1. The van der Waals surface area contributed by atoms with E-state index in [0.29, 0.717) is 5.41 Å². The fourth-order valence-corrected chi connectivity index (χ4v) is 3.41. The highest BCUT2D eigenvalue weighted by molar-refractivity contribution is 5.56. The van der Waals surface area contributed by atoms with E-state index in [-0.39, 0.29) is 0 Å². The zero-order chi connectivity index (χ0) is 13.3. The van der Waals surface area contributed by atoms with Gasteiger partial charge in [0.15, 0.2) is 0 Å². The molecule has 0 amide bonds. The summed E-state index contributed by atoms with van der Waals surface area (Å²) in [5.74, 6) is 0. The Hall–Kier alpha value is -1.02. The molecule has 1 fully saturated rings. The first-order valence-electron chi connectivity index (χ1n) is 7.70. The maximum atomic E-state index is 3.65. The van der Waals surface area contributed by atoms with E-state index in [0.717, 1.165) is 6.54 Å². The van der Waals surface area contributed by atoms with Gasteiger partial charge in [-0.3, -0.25) is 0 Å². The highest BCUT2D eigenvalue weighted by Crippen LogP contribution is 2.39. The molecule has 104 valence electrons. The fourth-order valence-electron chi connectivity index (χ4n) is 3.41. The molecule has 19 heavy (non-hydrogen) atoms. The molecule has 0 spiro atoms. The van der Waals surface area contributed by atoms with Crippen molar-refractivity contribution in [3.63, 3.8) is 0 Å². The molecule has 1 N–H and O–H groups in total. The van der Waals surface area contributed by atoms with Gasteiger partial charge >= 0.3 is 0 Å².